The minimum Gasteiger partial charge on any atom is -0.159 e. The van der Waals surface area contributed by atoms with Gasteiger partial charge in [-0.3, -0.25) is 0 Å². The molecule has 1 heterocycles. The van der Waals surface area contributed by atoms with Gasteiger partial charge in [-0.05, 0) is 19.1 Å². The van der Waals surface area contributed by atoms with Crippen molar-refractivity contribution in [1.29, 1.82) is 0 Å². The lowest BCUT2D eigenvalue weighted by atomic mass is 10.4. The molecular formula is C5H5N2. The number of rotatable bonds is 0. The van der Waals surface area contributed by atoms with Gasteiger partial charge >= 0.3 is 0 Å². The van der Waals surface area contributed by atoms with Gasteiger partial charge in [0, 0.05) is 6.20 Å². The first-order valence-electron chi connectivity index (χ1n) is 1.99. The molecule has 1 aromatic rings. The van der Waals surface area contributed by atoms with Crippen LogP contribution >= 0.6 is 0 Å². The summed E-state index contributed by atoms with van der Waals surface area (Å²) in [5.74, 6) is 0. The molecule has 0 N–H and O–H groups in total. The van der Waals surface area contributed by atoms with Crippen LogP contribution in [0.5, 0.6) is 0 Å². The average molecular weight is 93.1 g/mol. The number of nitrogens with zero attached hydrogens (tertiary/aromatic N) is 2. The van der Waals surface area contributed by atoms with E-state index in [1.54, 1.807) is 18.3 Å². The molecule has 1 radical (unpaired) electrons. The van der Waals surface area contributed by atoms with Gasteiger partial charge in [-0.1, -0.05) is 0 Å². The van der Waals surface area contributed by atoms with E-state index in [2.05, 4.69) is 17.1 Å². The Labute approximate surface area is 42.2 Å². The maximum Gasteiger partial charge on any atom is 0.0635 e. The largest absolute Gasteiger partial charge is 0.159 e. The second-order valence-corrected chi connectivity index (χ2v) is 1.21. The fourth-order valence-corrected chi connectivity index (χ4v) is 0.333. The highest BCUT2D eigenvalue weighted by Crippen LogP contribution is 1.82. The molecule has 1 rings (SSSR count). The Kier molecular flexibility index (Phi) is 1.02. The summed E-state index contributed by atoms with van der Waals surface area (Å²) in [6, 6.07) is 3.60. The van der Waals surface area contributed by atoms with Crippen LogP contribution in [0.4, 0.5) is 0 Å². The quantitative estimate of drug-likeness (QED) is 0.471. The van der Waals surface area contributed by atoms with Crippen molar-refractivity contribution in [3.63, 3.8) is 0 Å². The normalized spacial score (nSPS) is 8.71. The standard InChI is InChI=1S/C5H5N2/c1-5-3-2-4-6-7-5/h2-4H,1H2. The summed E-state index contributed by atoms with van der Waals surface area (Å²) in [6.07, 6.45) is 1.62. The van der Waals surface area contributed by atoms with Crippen LogP contribution in [0.15, 0.2) is 18.3 Å². The van der Waals surface area contributed by atoms with Crippen molar-refractivity contribution in [3.8, 4) is 0 Å². The van der Waals surface area contributed by atoms with Gasteiger partial charge in [0.25, 0.3) is 0 Å². The number of hydrogen-bond acceptors (Lipinski definition) is 2. The average Bonchev–Trinajstić information content (AvgIpc) is 1.69. The van der Waals surface area contributed by atoms with E-state index in [9.17, 15) is 0 Å². The predicted octanol–water partition coefficient (Wildman–Crippen LogP) is 0.659. The lowest BCUT2D eigenvalue weighted by Gasteiger charge is -1.80. The summed E-state index contributed by atoms with van der Waals surface area (Å²) in [5.41, 5.74) is 0.711. The van der Waals surface area contributed by atoms with Gasteiger partial charge in [0.15, 0.2) is 0 Å². The van der Waals surface area contributed by atoms with Crippen molar-refractivity contribution in [2.75, 3.05) is 0 Å². The van der Waals surface area contributed by atoms with E-state index in [0.29, 0.717) is 5.69 Å². The van der Waals surface area contributed by atoms with Crippen LogP contribution in [0.1, 0.15) is 5.69 Å². The van der Waals surface area contributed by atoms with Crippen molar-refractivity contribution in [1.82, 2.24) is 10.2 Å². The molecule has 7 heavy (non-hydrogen) atoms. The molecule has 0 aliphatic rings. The van der Waals surface area contributed by atoms with E-state index in [-0.39, 0.29) is 0 Å². The summed E-state index contributed by atoms with van der Waals surface area (Å²) in [7, 11) is 0. The third-order valence-electron chi connectivity index (χ3n) is 0.628. The number of aromatic nitrogens is 2. The third kappa shape index (κ3) is 0.961. The summed E-state index contributed by atoms with van der Waals surface area (Å²) in [5, 5.41) is 7.19. The van der Waals surface area contributed by atoms with Crippen molar-refractivity contribution >= 4 is 0 Å². The van der Waals surface area contributed by atoms with E-state index < -0.39 is 0 Å². The van der Waals surface area contributed by atoms with E-state index in [1.807, 2.05) is 0 Å². The van der Waals surface area contributed by atoms with Gasteiger partial charge in [0.1, 0.15) is 0 Å². The molecule has 0 fully saturated rings. The van der Waals surface area contributed by atoms with Crippen LogP contribution in [-0.2, 0) is 0 Å². The predicted molar refractivity (Wildman–Crippen MR) is 26.5 cm³/mol. The van der Waals surface area contributed by atoms with E-state index >= 15 is 0 Å². The Morgan fingerprint density at radius 2 is 2.43 bits per heavy atom. The van der Waals surface area contributed by atoms with Gasteiger partial charge in [0.05, 0.1) is 5.69 Å². The molecule has 0 aliphatic carbocycles. The molecule has 2 heteroatoms. The second-order valence-electron chi connectivity index (χ2n) is 1.21. The van der Waals surface area contributed by atoms with Gasteiger partial charge in [-0.15, -0.1) is 0 Å². The lowest BCUT2D eigenvalue weighted by Crippen LogP contribution is -1.79. The van der Waals surface area contributed by atoms with E-state index in [4.69, 9.17) is 0 Å². The zero-order valence-corrected chi connectivity index (χ0v) is 3.83. The Bertz CT molecular complexity index is 136. The van der Waals surface area contributed by atoms with Crippen LogP contribution in [0.25, 0.3) is 0 Å². The third-order valence-corrected chi connectivity index (χ3v) is 0.628. The second kappa shape index (κ2) is 1.69. The molecule has 0 spiro atoms. The van der Waals surface area contributed by atoms with Crippen LogP contribution in [-0.4, -0.2) is 10.2 Å². The topological polar surface area (TPSA) is 25.8 Å². The zero-order valence-electron chi connectivity index (χ0n) is 3.83. The highest BCUT2D eigenvalue weighted by molar-refractivity contribution is 5.01. The first kappa shape index (κ1) is 4.24. The molecule has 0 atom stereocenters. The van der Waals surface area contributed by atoms with Crippen LogP contribution < -0.4 is 0 Å². The Balaban J connectivity index is 3.02. The van der Waals surface area contributed by atoms with Crippen LogP contribution in [0.2, 0.25) is 0 Å². The number of hydrogen-bond donors (Lipinski definition) is 0. The van der Waals surface area contributed by atoms with E-state index in [0.717, 1.165) is 0 Å². The SMILES string of the molecule is [CH2]c1cccnn1. The molecule has 0 bridgehead atoms. The van der Waals surface area contributed by atoms with Crippen molar-refractivity contribution in [3.05, 3.63) is 30.9 Å². The first-order chi connectivity index (χ1) is 3.39. The maximum absolute atomic E-state index is 3.62. The summed E-state index contributed by atoms with van der Waals surface area (Å²) < 4.78 is 0. The minimum atomic E-state index is 0.711. The van der Waals surface area contributed by atoms with Gasteiger partial charge in [-0.25, -0.2) is 0 Å². The molecule has 1 aromatic heterocycles. The van der Waals surface area contributed by atoms with Crippen LogP contribution in [0.3, 0.4) is 0 Å². The summed E-state index contributed by atoms with van der Waals surface area (Å²) in [6.45, 7) is 3.55. The maximum atomic E-state index is 3.62. The molecule has 0 amide bonds. The monoisotopic (exact) mass is 93.0 g/mol. The van der Waals surface area contributed by atoms with Crippen molar-refractivity contribution in [2.24, 2.45) is 0 Å². The smallest absolute Gasteiger partial charge is 0.0635 e. The van der Waals surface area contributed by atoms with Crippen LogP contribution in [0, 0.1) is 6.92 Å². The Morgan fingerprint density at radius 1 is 1.57 bits per heavy atom. The molecule has 0 aromatic carbocycles. The highest BCUT2D eigenvalue weighted by atomic mass is 15.1. The minimum absolute atomic E-state index is 0.711. The van der Waals surface area contributed by atoms with Crippen molar-refractivity contribution in [2.45, 2.75) is 0 Å². The van der Waals surface area contributed by atoms with E-state index in [1.165, 1.54) is 0 Å². The summed E-state index contributed by atoms with van der Waals surface area (Å²) >= 11 is 0. The lowest BCUT2D eigenvalue weighted by molar-refractivity contribution is 1.01. The molecule has 2 nitrogen and oxygen atoms in total. The van der Waals surface area contributed by atoms with Gasteiger partial charge in [0.2, 0.25) is 0 Å². The highest BCUT2D eigenvalue weighted by Gasteiger charge is 1.75. The van der Waals surface area contributed by atoms with Crippen molar-refractivity contribution < 1.29 is 0 Å². The Morgan fingerprint density at radius 3 is 2.71 bits per heavy atom. The Hall–Kier alpha value is -0.920. The fraction of sp³-hybridized carbons (Fsp3) is 0. The van der Waals surface area contributed by atoms with Gasteiger partial charge in [-0.2, -0.15) is 10.2 Å². The molecule has 0 saturated heterocycles. The molecule has 35 valence electrons. The molecule has 0 saturated carbocycles. The molecule has 0 aliphatic heterocycles. The molecule has 0 unspecified atom stereocenters. The molecular weight excluding hydrogens is 88.1 g/mol. The fourth-order valence-electron chi connectivity index (χ4n) is 0.333. The zero-order chi connectivity index (χ0) is 5.11. The van der Waals surface area contributed by atoms with Gasteiger partial charge < -0.3 is 0 Å². The first-order valence-corrected chi connectivity index (χ1v) is 1.99. The summed E-state index contributed by atoms with van der Waals surface area (Å²) in [4.78, 5) is 0.